The van der Waals surface area contributed by atoms with E-state index < -0.39 is 0 Å². The fourth-order valence-corrected chi connectivity index (χ4v) is 2.19. The molecular formula is C16H18BrN. The lowest BCUT2D eigenvalue weighted by molar-refractivity contribution is 0.884. The predicted molar refractivity (Wildman–Crippen MR) is 82.0 cm³/mol. The Morgan fingerprint density at radius 1 is 1.00 bits per heavy atom. The third kappa shape index (κ3) is 3.36. The van der Waals surface area contributed by atoms with E-state index in [0.29, 0.717) is 6.04 Å². The number of benzene rings is 2. The molecule has 2 heteroatoms. The van der Waals surface area contributed by atoms with Gasteiger partial charge in [0.2, 0.25) is 0 Å². The second-order valence-electron chi connectivity index (χ2n) is 4.47. The molecule has 2 aromatic rings. The largest absolute Gasteiger partial charge is 0.379 e. The average molecular weight is 304 g/mol. The number of hydrogen-bond acceptors (Lipinski definition) is 1. The van der Waals surface area contributed by atoms with Crippen LogP contribution < -0.4 is 5.32 Å². The Hall–Kier alpha value is -1.28. The molecule has 0 bridgehead atoms. The summed E-state index contributed by atoms with van der Waals surface area (Å²) in [5, 5.41) is 3.51. The summed E-state index contributed by atoms with van der Waals surface area (Å²) in [4.78, 5) is 0. The van der Waals surface area contributed by atoms with Crippen LogP contribution in [0, 0.1) is 0 Å². The molecule has 0 spiro atoms. The highest BCUT2D eigenvalue weighted by atomic mass is 79.9. The number of nitrogens with one attached hydrogen (secondary N) is 1. The Morgan fingerprint density at radius 2 is 1.61 bits per heavy atom. The summed E-state index contributed by atoms with van der Waals surface area (Å²) in [5.74, 6) is 0. The molecule has 1 N–H and O–H groups in total. The van der Waals surface area contributed by atoms with Gasteiger partial charge in [0.1, 0.15) is 0 Å². The second kappa shape index (κ2) is 6.05. The van der Waals surface area contributed by atoms with Gasteiger partial charge in [-0.3, -0.25) is 0 Å². The van der Waals surface area contributed by atoms with E-state index in [2.05, 4.69) is 83.6 Å². The van der Waals surface area contributed by atoms with Crippen molar-refractivity contribution >= 4 is 21.6 Å². The van der Waals surface area contributed by atoms with E-state index >= 15 is 0 Å². The Labute approximate surface area is 117 Å². The highest BCUT2D eigenvalue weighted by molar-refractivity contribution is 9.10. The van der Waals surface area contributed by atoms with E-state index in [-0.39, 0.29) is 0 Å². The molecule has 2 rings (SSSR count). The maximum atomic E-state index is 3.51. The van der Waals surface area contributed by atoms with Crippen molar-refractivity contribution in [3.8, 4) is 0 Å². The number of aryl methyl sites for hydroxylation is 1. The smallest absolute Gasteiger partial charge is 0.0485 e. The summed E-state index contributed by atoms with van der Waals surface area (Å²) in [6.07, 6.45) is 1.09. The molecule has 0 saturated carbocycles. The van der Waals surface area contributed by atoms with Crippen LogP contribution in [0.2, 0.25) is 0 Å². The normalized spacial score (nSPS) is 12.2. The second-order valence-corrected chi connectivity index (χ2v) is 5.38. The van der Waals surface area contributed by atoms with Crippen molar-refractivity contribution in [1.82, 2.24) is 0 Å². The zero-order valence-electron chi connectivity index (χ0n) is 10.8. The minimum Gasteiger partial charge on any atom is -0.379 e. The van der Waals surface area contributed by atoms with Gasteiger partial charge in [-0.1, -0.05) is 47.1 Å². The zero-order chi connectivity index (χ0) is 13.0. The van der Waals surface area contributed by atoms with E-state index in [0.717, 1.165) is 10.9 Å². The van der Waals surface area contributed by atoms with Gasteiger partial charge in [0.05, 0.1) is 0 Å². The zero-order valence-corrected chi connectivity index (χ0v) is 12.4. The van der Waals surface area contributed by atoms with Crippen molar-refractivity contribution in [3.05, 3.63) is 64.1 Å². The molecule has 0 fully saturated rings. The summed E-state index contributed by atoms with van der Waals surface area (Å²) in [6.45, 7) is 4.35. The van der Waals surface area contributed by atoms with Crippen LogP contribution >= 0.6 is 15.9 Å². The van der Waals surface area contributed by atoms with Gasteiger partial charge in [-0.15, -0.1) is 0 Å². The van der Waals surface area contributed by atoms with Crippen LogP contribution in [0.1, 0.15) is 31.0 Å². The van der Waals surface area contributed by atoms with E-state index in [1.165, 1.54) is 16.8 Å². The highest BCUT2D eigenvalue weighted by Crippen LogP contribution is 2.21. The fourth-order valence-electron chi connectivity index (χ4n) is 1.92. The molecule has 2 aromatic carbocycles. The van der Waals surface area contributed by atoms with Gasteiger partial charge >= 0.3 is 0 Å². The molecular weight excluding hydrogens is 286 g/mol. The molecule has 1 nitrogen and oxygen atoms in total. The van der Waals surface area contributed by atoms with Gasteiger partial charge < -0.3 is 5.32 Å². The molecule has 18 heavy (non-hydrogen) atoms. The summed E-state index contributed by atoms with van der Waals surface area (Å²) in [5.41, 5.74) is 3.83. The van der Waals surface area contributed by atoms with Crippen LogP contribution in [-0.2, 0) is 6.42 Å². The molecule has 0 saturated heterocycles. The van der Waals surface area contributed by atoms with Crippen molar-refractivity contribution < 1.29 is 0 Å². The van der Waals surface area contributed by atoms with Crippen LogP contribution in [-0.4, -0.2) is 0 Å². The van der Waals surface area contributed by atoms with Crippen LogP contribution in [0.5, 0.6) is 0 Å². The highest BCUT2D eigenvalue weighted by Gasteiger charge is 2.04. The first-order valence-electron chi connectivity index (χ1n) is 6.30. The number of rotatable bonds is 4. The standard InChI is InChI=1S/C16H18BrN/c1-3-13-4-10-16(11-5-13)18-12(2)14-6-8-15(17)9-7-14/h4-12,18H,3H2,1-2H3. The maximum Gasteiger partial charge on any atom is 0.0485 e. The molecule has 0 amide bonds. The van der Waals surface area contributed by atoms with Crippen molar-refractivity contribution in [2.45, 2.75) is 26.3 Å². The van der Waals surface area contributed by atoms with Crippen LogP contribution in [0.25, 0.3) is 0 Å². The number of halogens is 1. The molecule has 0 aliphatic rings. The van der Waals surface area contributed by atoms with Gasteiger partial charge in [-0.25, -0.2) is 0 Å². The van der Waals surface area contributed by atoms with Crippen molar-refractivity contribution in [2.75, 3.05) is 5.32 Å². The molecule has 94 valence electrons. The van der Waals surface area contributed by atoms with Crippen molar-refractivity contribution in [2.24, 2.45) is 0 Å². The van der Waals surface area contributed by atoms with E-state index in [1.54, 1.807) is 0 Å². The number of anilines is 1. The van der Waals surface area contributed by atoms with Gasteiger partial charge in [-0.05, 0) is 48.7 Å². The van der Waals surface area contributed by atoms with Gasteiger partial charge in [0, 0.05) is 16.2 Å². The molecule has 0 radical (unpaired) electrons. The average Bonchev–Trinajstić information content (AvgIpc) is 2.40. The maximum absolute atomic E-state index is 3.51. The molecule has 0 heterocycles. The quantitative estimate of drug-likeness (QED) is 0.820. The van der Waals surface area contributed by atoms with E-state index in [4.69, 9.17) is 0 Å². The first-order valence-corrected chi connectivity index (χ1v) is 7.09. The third-order valence-electron chi connectivity index (χ3n) is 3.12. The summed E-state index contributed by atoms with van der Waals surface area (Å²) in [7, 11) is 0. The molecule has 0 aliphatic carbocycles. The van der Waals surface area contributed by atoms with Crippen LogP contribution in [0.15, 0.2) is 53.0 Å². The minimum atomic E-state index is 0.311. The lowest BCUT2D eigenvalue weighted by atomic mass is 10.1. The summed E-state index contributed by atoms with van der Waals surface area (Å²) in [6, 6.07) is 17.4. The van der Waals surface area contributed by atoms with Crippen LogP contribution in [0.3, 0.4) is 0 Å². The third-order valence-corrected chi connectivity index (χ3v) is 3.64. The van der Waals surface area contributed by atoms with Crippen molar-refractivity contribution in [1.29, 1.82) is 0 Å². The fraction of sp³-hybridized carbons (Fsp3) is 0.250. The lowest BCUT2D eigenvalue weighted by Gasteiger charge is -2.16. The summed E-state index contributed by atoms with van der Waals surface area (Å²) < 4.78 is 1.12. The Morgan fingerprint density at radius 3 is 2.17 bits per heavy atom. The lowest BCUT2D eigenvalue weighted by Crippen LogP contribution is -2.06. The van der Waals surface area contributed by atoms with E-state index in [9.17, 15) is 0 Å². The Bertz CT molecular complexity index is 488. The molecule has 1 unspecified atom stereocenters. The van der Waals surface area contributed by atoms with Gasteiger partial charge in [-0.2, -0.15) is 0 Å². The van der Waals surface area contributed by atoms with Crippen LogP contribution in [0.4, 0.5) is 5.69 Å². The van der Waals surface area contributed by atoms with Crippen molar-refractivity contribution in [3.63, 3.8) is 0 Å². The van der Waals surface area contributed by atoms with Gasteiger partial charge in [0.15, 0.2) is 0 Å². The Kier molecular flexibility index (Phi) is 4.43. The molecule has 0 aliphatic heterocycles. The monoisotopic (exact) mass is 303 g/mol. The SMILES string of the molecule is CCc1ccc(NC(C)c2ccc(Br)cc2)cc1. The molecule has 0 aromatic heterocycles. The minimum absolute atomic E-state index is 0.311. The molecule has 1 atom stereocenters. The first kappa shape index (κ1) is 13.2. The first-order chi connectivity index (χ1) is 8.69. The Balaban J connectivity index is 2.05. The van der Waals surface area contributed by atoms with Gasteiger partial charge in [0.25, 0.3) is 0 Å². The topological polar surface area (TPSA) is 12.0 Å². The predicted octanol–water partition coefficient (Wildman–Crippen LogP) is 5.18. The number of hydrogen-bond donors (Lipinski definition) is 1. The van der Waals surface area contributed by atoms with E-state index in [1.807, 2.05) is 0 Å². The summed E-state index contributed by atoms with van der Waals surface area (Å²) >= 11 is 3.46.